The number of halogens is 1. The fraction of sp³-hybridized carbons (Fsp3) is 0.571. The zero-order valence-corrected chi connectivity index (χ0v) is 17.8. The molecule has 1 saturated carbocycles. The summed E-state index contributed by atoms with van der Waals surface area (Å²) in [4.78, 5) is 41.2. The van der Waals surface area contributed by atoms with Crippen LogP contribution in [0.5, 0.6) is 0 Å². The number of rotatable bonds is 5. The highest BCUT2D eigenvalue weighted by Gasteiger charge is 2.56. The number of carbonyl (C=O) groups excluding carboxylic acids is 3. The molecule has 29 heavy (non-hydrogen) atoms. The first kappa shape index (κ1) is 21.6. The van der Waals surface area contributed by atoms with E-state index in [4.69, 9.17) is 0 Å². The Hall–Kier alpha value is -2.12. The van der Waals surface area contributed by atoms with Gasteiger partial charge in [-0.25, -0.2) is 4.79 Å². The molecule has 0 bridgehead atoms. The van der Waals surface area contributed by atoms with E-state index in [1.807, 2.05) is 0 Å². The van der Waals surface area contributed by atoms with Crippen LogP contribution in [-0.2, 0) is 16.0 Å². The molecule has 3 aliphatic rings. The zero-order chi connectivity index (χ0) is 19.9. The van der Waals surface area contributed by atoms with E-state index in [-0.39, 0.29) is 42.7 Å². The third-order valence-electron chi connectivity index (χ3n) is 6.32. The molecule has 0 radical (unpaired) electrons. The highest BCUT2D eigenvalue weighted by atomic mass is 35.5. The minimum Gasteiger partial charge on any atom is -0.332 e. The van der Waals surface area contributed by atoms with Gasteiger partial charge in [0.15, 0.2) is 0 Å². The van der Waals surface area contributed by atoms with Gasteiger partial charge in [0.1, 0.15) is 12.1 Å². The van der Waals surface area contributed by atoms with Gasteiger partial charge in [0, 0.05) is 19.6 Å². The number of benzene rings is 1. The number of hydrogen-bond donors (Lipinski definition) is 2. The number of piperazine rings is 1. The van der Waals surface area contributed by atoms with Crippen LogP contribution in [0, 0.1) is 5.92 Å². The normalized spacial score (nSPS) is 26.9. The molecule has 3 fully saturated rings. The van der Waals surface area contributed by atoms with Gasteiger partial charge in [-0.05, 0) is 43.2 Å². The maximum absolute atomic E-state index is 13.1. The van der Waals surface area contributed by atoms with Gasteiger partial charge in [-0.3, -0.25) is 14.5 Å². The van der Waals surface area contributed by atoms with Gasteiger partial charge in [-0.1, -0.05) is 31.2 Å². The summed E-state index contributed by atoms with van der Waals surface area (Å²) in [6.07, 6.45) is 2.85. The SMILES string of the molecule is CCc1ccc(C2CNCCN2C(=O)CN2C(=O)NC(C)(C3CC3)C2=O)cc1.Cl. The van der Waals surface area contributed by atoms with E-state index >= 15 is 0 Å². The fourth-order valence-corrected chi connectivity index (χ4v) is 4.30. The molecule has 4 rings (SSSR count). The fourth-order valence-electron chi connectivity index (χ4n) is 4.30. The van der Waals surface area contributed by atoms with Crippen molar-refractivity contribution < 1.29 is 14.4 Å². The maximum atomic E-state index is 13.1. The third kappa shape index (κ3) is 3.98. The van der Waals surface area contributed by atoms with E-state index in [2.05, 4.69) is 41.8 Å². The van der Waals surface area contributed by atoms with Crippen LogP contribution < -0.4 is 10.6 Å². The molecule has 2 saturated heterocycles. The van der Waals surface area contributed by atoms with Crippen molar-refractivity contribution in [2.45, 2.75) is 44.7 Å². The van der Waals surface area contributed by atoms with Crippen molar-refractivity contribution in [3.8, 4) is 0 Å². The summed E-state index contributed by atoms with van der Waals surface area (Å²) in [6, 6.07) is 7.76. The van der Waals surface area contributed by atoms with Crippen molar-refractivity contribution in [1.82, 2.24) is 20.4 Å². The van der Waals surface area contributed by atoms with Crippen LogP contribution in [0.15, 0.2) is 24.3 Å². The van der Waals surface area contributed by atoms with Crippen molar-refractivity contribution in [1.29, 1.82) is 0 Å². The van der Waals surface area contributed by atoms with Gasteiger partial charge in [-0.2, -0.15) is 0 Å². The lowest BCUT2D eigenvalue weighted by atomic mass is 9.96. The standard InChI is InChI=1S/C21H28N4O3.ClH/c1-3-14-4-6-15(7-5-14)17-12-22-10-11-24(17)18(26)13-25-19(27)21(2,16-8-9-16)23-20(25)28;/h4-7,16-17,22H,3,8-13H2,1-2H3,(H,23,28);1H. The molecule has 1 aliphatic carbocycles. The van der Waals surface area contributed by atoms with E-state index in [1.54, 1.807) is 11.8 Å². The van der Waals surface area contributed by atoms with Gasteiger partial charge < -0.3 is 15.5 Å². The second kappa shape index (κ2) is 8.32. The molecule has 8 heteroatoms. The molecule has 2 heterocycles. The maximum Gasteiger partial charge on any atom is 0.325 e. The van der Waals surface area contributed by atoms with E-state index in [0.29, 0.717) is 19.6 Å². The third-order valence-corrected chi connectivity index (χ3v) is 6.32. The Morgan fingerprint density at radius 1 is 1.21 bits per heavy atom. The average molecular weight is 421 g/mol. The molecular formula is C21H29ClN4O3. The summed E-state index contributed by atoms with van der Waals surface area (Å²) in [5.74, 6) is -0.269. The molecule has 2 N–H and O–H groups in total. The van der Waals surface area contributed by atoms with Crippen molar-refractivity contribution >= 4 is 30.3 Å². The highest BCUT2D eigenvalue weighted by molar-refractivity contribution is 6.09. The summed E-state index contributed by atoms with van der Waals surface area (Å²) in [5, 5.41) is 6.15. The minimum absolute atomic E-state index is 0. The number of hydrogen-bond acceptors (Lipinski definition) is 4. The van der Waals surface area contributed by atoms with Crippen LogP contribution in [0.2, 0.25) is 0 Å². The first-order chi connectivity index (χ1) is 13.4. The van der Waals surface area contributed by atoms with Crippen LogP contribution in [-0.4, -0.2) is 59.4 Å². The minimum atomic E-state index is -0.851. The number of nitrogens with zero attached hydrogens (tertiary/aromatic N) is 2. The van der Waals surface area contributed by atoms with Gasteiger partial charge in [0.05, 0.1) is 6.04 Å². The predicted octanol–water partition coefficient (Wildman–Crippen LogP) is 1.86. The summed E-state index contributed by atoms with van der Waals surface area (Å²) in [6.45, 7) is 5.62. The smallest absolute Gasteiger partial charge is 0.325 e. The quantitative estimate of drug-likeness (QED) is 0.712. The Balaban J connectivity index is 0.00000240. The summed E-state index contributed by atoms with van der Waals surface area (Å²) in [7, 11) is 0. The molecule has 2 aliphatic heterocycles. The molecule has 0 aromatic heterocycles. The van der Waals surface area contributed by atoms with Gasteiger partial charge in [0.2, 0.25) is 5.91 Å². The van der Waals surface area contributed by atoms with Crippen molar-refractivity contribution in [2.24, 2.45) is 5.92 Å². The molecule has 2 unspecified atom stereocenters. The summed E-state index contributed by atoms with van der Waals surface area (Å²) >= 11 is 0. The van der Waals surface area contributed by atoms with Crippen LogP contribution in [0.3, 0.4) is 0 Å². The van der Waals surface area contributed by atoms with Gasteiger partial charge in [0.25, 0.3) is 5.91 Å². The average Bonchev–Trinajstić information content (AvgIpc) is 3.54. The number of urea groups is 1. The number of nitrogens with one attached hydrogen (secondary N) is 2. The zero-order valence-electron chi connectivity index (χ0n) is 16.9. The molecule has 158 valence electrons. The van der Waals surface area contributed by atoms with Gasteiger partial charge in [-0.15, -0.1) is 12.4 Å². The second-order valence-corrected chi connectivity index (χ2v) is 8.20. The van der Waals surface area contributed by atoms with E-state index < -0.39 is 11.6 Å². The lowest BCUT2D eigenvalue weighted by Crippen LogP contribution is -2.52. The first-order valence-corrected chi connectivity index (χ1v) is 10.2. The van der Waals surface area contributed by atoms with E-state index in [1.165, 1.54) is 5.56 Å². The number of aryl methyl sites for hydroxylation is 1. The lowest BCUT2D eigenvalue weighted by molar-refractivity contribution is -0.141. The first-order valence-electron chi connectivity index (χ1n) is 10.2. The molecule has 4 amide bonds. The predicted molar refractivity (Wildman–Crippen MR) is 112 cm³/mol. The molecule has 0 spiro atoms. The Labute approximate surface area is 177 Å². The Bertz CT molecular complexity index is 796. The Morgan fingerprint density at radius 2 is 1.90 bits per heavy atom. The van der Waals surface area contributed by atoms with Crippen LogP contribution in [0.1, 0.15) is 43.9 Å². The van der Waals surface area contributed by atoms with Crippen LogP contribution >= 0.6 is 12.4 Å². The second-order valence-electron chi connectivity index (χ2n) is 8.20. The Morgan fingerprint density at radius 3 is 2.52 bits per heavy atom. The summed E-state index contributed by atoms with van der Waals surface area (Å²) < 4.78 is 0. The largest absolute Gasteiger partial charge is 0.332 e. The van der Waals surface area contributed by atoms with Gasteiger partial charge >= 0.3 is 6.03 Å². The number of amides is 4. The van der Waals surface area contributed by atoms with Crippen LogP contribution in [0.25, 0.3) is 0 Å². The van der Waals surface area contributed by atoms with Crippen molar-refractivity contribution in [2.75, 3.05) is 26.2 Å². The van der Waals surface area contributed by atoms with E-state index in [0.717, 1.165) is 29.7 Å². The Kier molecular flexibility index (Phi) is 6.19. The molecule has 2 atom stereocenters. The number of imide groups is 1. The summed E-state index contributed by atoms with van der Waals surface area (Å²) in [5.41, 5.74) is 1.47. The van der Waals surface area contributed by atoms with Crippen molar-refractivity contribution in [3.05, 3.63) is 35.4 Å². The van der Waals surface area contributed by atoms with E-state index in [9.17, 15) is 14.4 Å². The molecule has 1 aromatic rings. The van der Waals surface area contributed by atoms with Crippen LogP contribution in [0.4, 0.5) is 4.79 Å². The highest BCUT2D eigenvalue weighted by Crippen LogP contribution is 2.42. The van der Waals surface area contributed by atoms with Crippen molar-refractivity contribution in [3.63, 3.8) is 0 Å². The molecular weight excluding hydrogens is 392 g/mol. The molecule has 7 nitrogen and oxygen atoms in total. The number of carbonyl (C=O) groups is 3. The topological polar surface area (TPSA) is 81.8 Å². The molecule has 1 aromatic carbocycles. The lowest BCUT2D eigenvalue weighted by Gasteiger charge is -2.37. The monoisotopic (exact) mass is 420 g/mol.